The Kier molecular flexibility index (Phi) is 2.61. The molecule has 0 bridgehead atoms. The van der Waals surface area contributed by atoms with E-state index in [0.29, 0.717) is 5.56 Å². The van der Waals surface area contributed by atoms with Gasteiger partial charge in [0.1, 0.15) is 5.82 Å². The number of carbonyl (C=O) groups excluding carboxylic acids is 1. The number of esters is 1. The predicted molar refractivity (Wildman–Crippen MR) is 82.2 cm³/mol. The van der Waals surface area contributed by atoms with Crippen LogP contribution in [0.1, 0.15) is 28.4 Å². The Hall–Kier alpha value is -2.68. The summed E-state index contributed by atoms with van der Waals surface area (Å²) in [6.07, 6.45) is 0. The fraction of sp³-hybridized carbons (Fsp3) is 0.105. The van der Waals surface area contributed by atoms with Crippen molar-refractivity contribution in [2.75, 3.05) is 0 Å². The number of carbonyl (C=O) groups is 1. The molecule has 1 aliphatic heterocycles. The maximum Gasteiger partial charge on any atom is 0.340 e. The summed E-state index contributed by atoms with van der Waals surface area (Å²) < 4.78 is 18.9. The van der Waals surface area contributed by atoms with Crippen LogP contribution in [0.25, 0.3) is 10.8 Å². The first-order valence-electron chi connectivity index (χ1n) is 7.11. The average molecular weight is 292 g/mol. The second kappa shape index (κ2) is 4.41. The number of ether oxygens (including phenoxy) is 1. The Balaban J connectivity index is 1.99. The molecule has 0 saturated carbocycles. The average Bonchev–Trinajstić information content (AvgIpc) is 2.80. The van der Waals surface area contributed by atoms with Gasteiger partial charge in [0.05, 0.1) is 5.56 Å². The van der Waals surface area contributed by atoms with Crippen molar-refractivity contribution < 1.29 is 13.9 Å². The highest BCUT2D eigenvalue weighted by atomic mass is 19.1. The van der Waals surface area contributed by atoms with E-state index in [2.05, 4.69) is 0 Å². The van der Waals surface area contributed by atoms with Gasteiger partial charge in [-0.2, -0.15) is 0 Å². The summed E-state index contributed by atoms with van der Waals surface area (Å²) in [6.45, 7) is 1.85. The summed E-state index contributed by atoms with van der Waals surface area (Å²) in [5, 5.41) is 1.89. The van der Waals surface area contributed by atoms with E-state index >= 15 is 0 Å². The van der Waals surface area contributed by atoms with Gasteiger partial charge in [0.25, 0.3) is 0 Å². The molecule has 0 saturated heterocycles. The number of cyclic esters (lactones) is 1. The first kappa shape index (κ1) is 13.0. The van der Waals surface area contributed by atoms with Crippen LogP contribution in [0.5, 0.6) is 0 Å². The summed E-state index contributed by atoms with van der Waals surface area (Å²) in [5.41, 5.74) is 1.30. The maximum absolute atomic E-state index is 13.2. The second-order valence-corrected chi connectivity index (χ2v) is 5.64. The number of benzene rings is 3. The molecule has 22 heavy (non-hydrogen) atoms. The van der Waals surface area contributed by atoms with E-state index in [-0.39, 0.29) is 11.8 Å². The van der Waals surface area contributed by atoms with Gasteiger partial charge in [-0.05, 0) is 29.8 Å². The summed E-state index contributed by atoms with van der Waals surface area (Å²) in [7, 11) is 0. The van der Waals surface area contributed by atoms with Crippen molar-refractivity contribution in [1.29, 1.82) is 0 Å². The molecular weight excluding hydrogens is 279 g/mol. The predicted octanol–water partition coefficient (Wildman–Crippen LogP) is 4.41. The third-order valence-corrected chi connectivity index (χ3v) is 4.34. The highest BCUT2D eigenvalue weighted by molar-refractivity contribution is 6.08. The van der Waals surface area contributed by atoms with E-state index < -0.39 is 5.60 Å². The molecule has 4 rings (SSSR count). The zero-order valence-electron chi connectivity index (χ0n) is 12.0. The van der Waals surface area contributed by atoms with Crippen molar-refractivity contribution in [2.24, 2.45) is 0 Å². The molecule has 0 unspecified atom stereocenters. The topological polar surface area (TPSA) is 26.3 Å². The molecule has 3 aromatic carbocycles. The molecule has 1 atom stereocenters. The Morgan fingerprint density at radius 1 is 0.955 bits per heavy atom. The van der Waals surface area contributed by atoms with Crippen LogP contribution in [0.15, 0.2) is 60.7 Å². The minimum absolute atomic E-state index is 0.310. The van der Waals surface area contributed by atoms with E-state index in [0.717, 1.165) is 21.9 Å². The van der Waals surface area contributed by atoms with Gasteiger partial charge in [0.2, 0.25) is 0 Å². The Bertz CT molecular complexity index is 899. The molecule has 0 spiro atoms. The van der Waals surface area contributed by atoms with Crippen LogP contribution in [0, 0.1) is 5.82 Å². The van der Waals surface area contributed by atoms with Gasteiger partial charge in [0, 0.05) is 11.1 Å². The van der Waals surface area contributed by atoms with Gasteiger partial charge in [-0.1, -0.05) is 48.5 Å². The summed E-state index contributed by atoms with van der Waals surface area (Å²) >= 11 is 0. The molecule has 0 amide bonds. The lowest BCUT2D eigenvalue weighted by atomic mass is 9.85. The maximum atomic E-state index is 13.2. The summed E-state index contributed by atoms with van der Waals surface area (Å²) in [5.74, 6) is -0.644. The van der Waals surface area contributed by atoms with Crippen LogP contribution in [0.3, 0.4) is 0 Å². The highest BCUT2D eigenvalue weighted by Crippen LogP contribution is 2.44. The van der Waals surface area contributed by atoms with E-state index in [1.54, 1.807) is 12.1 Å². The minimum Gasteiger partial charge on any atom is -0.446 e. The van der Waals surface area contributed by atoms with Crippen molar-refractivity contribution in [2.45, 2.75) is 12.5 Å². The monoisotopic (exact) mass is 292 g/mol. The van der Waals surface area contributed by atoms with Crippen molar-refractivity contribution in [1.82, 2.24) is 0 Å². The number of hydrogen-bond acceptors (Lipinski definition) is 2. The first-order valence-corrected chi connectivity index (χ1v) is 7.11. The highest BCUT2D eigenvalue weighted by Gasteiger charge is 2.43. The van der Waals surface area contributed by atoms with E-state index in [1.165, 1.54) is 12.1 Å². The van der Waals surface area contributed by atoms with Crippen LogP contribution in [-0.2, 0) is 10.3 Å². The van der Waals surface area contributed by atoms with E-state index in [4.69, 9.17) is 4.74 Å². The number of rotatable bonds is 1. The minimum atomic E-state index is -0.885. The Labute approximate surface area is 127 Å². The molecule has 0 aromatic heterocycles. The van der Waals surface area contributed by atoms with Gasteiger partial charge in [0.15, 0.2) is 5.60 Å². The first-order chi connectivity index (χ1) is 10.6. The van der Waals surface area contributed by atoms with Gasteiger partial charge in [-0.15, -0.1) is 0 Å². The van der Waals surface area contributed by atoms with Crippen molar-refractivity contribution >= 4 is 16.7 Å². The normalized spacial score (nSPS) is 20.0. The summed E-state index contributed by atoms with van der Waals surface area (Å²) in [4.78, 5) is 12.4. The molecule has 0 aliphatic carbocycles. The van der Waals surface area contributed by atoms with Crippen LogP contribution < -0.4 is 0 Å². The Morgan fingerprint density at radius 3 is 2.45 bits per heavy atom. The molecule has 0 fully saturated rings. The molecule has 1 aliphatic rings. The van der Waals surface area contributed by atoms with Gasteiger partial charge < -0.3 is 4.74 Å². The SMILES string of the molecule is C[C@@]1(c2ccc(F)cc2)OC(=O)c2c1ccc1ccccc21. The van der Waals surface area contributed by atoms with E-state index in [9.17, 15) is 9.18 Å². The zero-order chi connectivity index (χ0) is 15.3. The quantitative estimate of drug-likeness (QED) is 0.621. The van der Waals surface area contributed by atoms with Crippen LogP contribution in [0.4, 0.5) is 4.39 Å². The van der Waals surface area contributed by atoms with Gasteiger partial charge in [-0.25, -0.2) is 9.18 Å². The number of fused-ring (bicyclic) bond motifs is 3. The molecule has 3 heteroatoms. The lowest BCUT2D eigenvalue weighted by Crippen LogP contribution is -2.23. The van der Waals surface area contributed by atoms with Crippen LogP contribution >= 0.6 is 0 Å². The standard InChI is InChI=1S/C19H13FO2/c1-19(13-7-9-14(20)10-8-13)16-11-6-12-4-2-3-5-15(12)17(16)18(21)22-19/h2-11H,1H3/t19-/m0/s1. The largest absolute Gasteiger partial charge is 0.446 e. The Morgan fingerprint density at radius 2 is 1.68 bits per heavy atom. The smallest absolute Gasteiger partial charge is 0.340 e. The molecule has 1 heterocycles. The van der Waals surface area contributed by atoms with Crippen molar-refractivity contribution in [3.63, 3.8) is 0 Å². The lowest BCUT2D eigenvalue weighted by molar-refractivity contribution is 0.0181. The molecule has 0 radical (unpaired) electrons. The molecule has 2 nitrogen and oxygen atoms in total. The molecular formula is C19H13FO2. The fourth-order valence-electron chi connectivity index (χ4n) is 3.16. The van der Waals surface area contributed by atoms with Crippen LogP contribution in [0.2, 0.25) is 0 Å². The molecule has 108 valence electrons. The fourth-order valence-corrected chi connectivity index (χ4v) is 3.16. The third-order valence-electron chi connectivity index (χ3n) is 4.34. The lowest BCUT2D eigenvalue weighted by Gasteiger charge is -2.24. The van der Waals surface area contributed by atoms with Gasteiger partial charge >= 0.3 is 5.97 Å². The van der Waals surface area contributed by atoms with Crippen molar-refractivity contribution in [3.8, 4) is 0 Å². The number of hydrogen-bond donors (Lipinski definition) is 0. The second-order valence-electron chi connectivity index (χ2n) is 5.64. The molecule has 3 aromatic rings. The van der Waals surface area contributed by atoms with E-state index in [1.807, 2.05) is 43.3 Å². The van der Waals surface area contributed by atoms with Crippen LogP contribution in [-0.4, -0.2) is 5.97 Å². The van der Waals surface area contributed by atoms with Crippen molar-refractivity contribution in [3.05, 3.63) is 83.2 Å². The number of halogens is 1. The van der Waals surface area contributed by atoms with Gasteiger partial charge in [-0.3, -0.25) is 0 Å². The summed E-state index contributed by atoms with van der Waals surface area (Å²) in [6, 6.07) is 17.7. The third kappa shape index (κ3) is 1.69. The molecule has 0 N–H and O–H groups in total. The zero-order valence-corrected chi connectivity index (χ0v) is 12.0.